The summed E-state index contributed by atoms with van der Waals surface area (Å²) in [5, 5.41) is 1.61. The minimum Gasteiger partial charge on any atom is -0.372 e. The summed E-state index contributed by atoms with van der Waals surface area (Å²) < 4.78 is 2.29. The summed E-state index contributed by atoms with van der Waals surface area (Å²) in [6.07, 6.45) is 1.87. The Morgan fingerprint density at radius 3 is 2.47 bits per heavy atom. The van der Waals surface area contributed by atoms with Gasteiger partial charge in [-0.05, 0) is 56.3 Å². The lowest BCUT2D eigenvalue weighted by molar-refractivity contribution is 0.866. The van der Waals surface area contributed by atoms with E-state index in [4.69, 9.17) is 4.98 Å². The summed E-state index contributed by atoms with van der Waals surface area (Å²) in [4.78, 5) is 18.2. The molecule has 2 aromatic carbocycles. The number of anilines is 3. The van der Waals surface area contributed by atoms with Crippen LogP contribution in [-0.2, 0) is 0 Å². The van der Waals surface area contributed by atoms with Gasteiger partial charge in [0.15, 0.2) is 0 Å². The van der Waals surface area contributed by atoms with Gasteiger partial charge in [-0.25, -0.2) is 15.0 Å². The minimum absolute atomic E-state index is 0.773. The number of hydrogen-bond acceptors (Lipinski definition) is 9. The Balaban J connectivity index is 1.23. The normalized spacial score (nSPS) is 11.6. The molecule has 0 saturated heterocycles. The molecule has 3 aromatic heterocycles. The average molecular weight is 479 g/mol. The quantitative estimate of drug-likeness (QED) is 0.186. The Morgan fingerprint density at radius 1 is 0.906 bits per heavy atom. The summed E-state index contributed by atoms with van der Waals surface area (Å²) in [6.45, 7) is 6.35. The third kappa shape index (κ3) is 4.45. The van der Waals surface area contributed by atoms with Crippen molar-refractivity contribution in [2.75, 3.05) is 28.8 Å². The van der Waals surface area contributed by atoms with E-state index in [0.717, 1.165) is 53.7 Å². The number of benzene rings is 2. The van der Waals surface area contributed by atoms with Gasteiger partial charge in [-0.3, -0.25) is 10.9 Å². The van der Waals surface area contributed by atoms with Gasteiger partial charge in [-0.2, -0.15) is 0 Å². The van der Waals surface area contributed by atoms with Crippen LogP contribution in [0.3, 0.4) is 0 Å². The number of rotatable bonds is 8. The molecule has 0 amide bonds. The van der Waals surface area contributed by atoms with Crippen LogP contribution in [0.5, 0.6) is 0 Å². The number of thiophene rings is 1. The molecule has 162 valence electrons. The maximum atomic E-state index is 4.69. The molecule has 32 heavy (non-hydrogen) atoms. The van der Waals surface area contributed by atoms with Crippen LogP contribution >= 0.6 is 34.0 Å². The summed E-state index contributed by atoms with van der Waals surface area (Å²) in [7, 11) is 0. The predicted molar refractivity (Wildman–Crippen MR) is 142 cm³/mol. The second-order valence-corrected chi connectivity index (χ2v) is 10.1. The van der Waals surface area contributed by atoms with Crippen LogP contribution in [0.15, 0.2) is 59.6 Å². The van der Waals surface area contributed by atoms with Crippen molar-refractivity contribution in [2.45, 2.75) is 13.8 Å². The Hall–Kier alpha value is -3.01. The zero-order valence-corrected chi connectivity index (χ0v) is 20.2. The molecule has 0 spiro atoms. The summed E-state index contributed by atoms with van der Waals surface area (Å²) in [5.74, 6) is 0. The third-order valence-corrected chi connectivity index (χ3v) is 7.96. The molecule has 5 rings (SSSR count). The predicted octanol–water partition coefficient (Wildman–Crippen LogP) is 7.00. The van der Waals surface area contributed by atoms with E-state index >= 15 is 0 Å². The smallest absolute Gasteiger partial charge is 0.210 e. The fraction of sp³-hybridized carbons (Fsp3) is 0.174. The van der Waals surface area contributed by atoms with Gasteiger partial charge in [0.1, 0.15) is 4.83 Å². The number of aromatic nitrogens is 2. The van der Waals surface area contributed by atoms with E-state index in [1.807, 2.05) is 24.4 Å². The summed E-state index contributed by atoms with van der Waals surface area (Å²) in [6, 6.07) is 18.6. The lowest BCUT2D eigenvalue weighted by Gasteiger charge is -2.21. The monoisotopic (exact) mass is 478 g/mol. The fourth-order valence-corrected chi connectivity index (χ4v) is 6.14. The SMILES string of the molecule is CCN(CC)c1ccc(NNc2nc3sc(C=Nc4nc5ccccc5s4)cc3s2)cc1. The second-order valence-electron chi connectivity index (χ2n) is 7.03. The highest BCUT2D eigenvalue weighted by Crippen LogP contribution is 2.33. The van der Waals surface area contributed by atoms with E-state index in [9.17, 15) is 0 Å². The van der Waals surface area contributed by atoms with Crippen molar-refractivity contribution in [3.8, 4) is 0 Å². The molecule has 0 aliphatic rings. The summed E-state index contributed by atoms with van der Waals surface area (Å²) in [5.41, 5.74) is 9.68. The highest BCUT2D eigenvalue weighted by molar-refractivity contribution is 7.29. The molecule has 3 heterocycles. The highest BCUT2D eigenvalue weighted by atomic mass is 32.1. The number of para-hydroxylation sites is 1. The fourth-order valence-electron chi connectivity index (χ4n) is 3.37. The number of hydrazine groups is 1. The Labute approximate surface area is 198 Å². The van der Waals surface area contributed by atoms with E-state index in [1.54, 1.807) is 34.0 Å². The van der Waals surface area contributed by atoms with Crippen LogP contribution < -0.4 is 15.8 Å². The number of aliphatic imine (C=N–C) groups is 1. The van der Waals surface area contributed by atoms with Crippen LogP contribution in [0, 0.1) is 0 Å². The van der Waals surface area contributed by atoms with Gasteiger partial charge in [0.05, 0.1) is 20.6 Å². The van der Waals surface area contributed by atoms with E-state index in [2.05, 4.69) is 76.0 Å². The van der Waals surface area contributed by atoms with Gasteiger partial charge >= 0.3 is 0 Å². The maximum absolute atomic E-state index is 4.69. The van der Waals surface area contributed by atoms with Crippen molar-refractivity contribution in [3.05, 3.63) is 59.5 Å². The molecule has 0 saturated carbocycles. The molecule has 0 unspecified atom stereocenters. The van der Waals surface area contributed by atoms with Crippen molar-refractivity contribution in [3.63, 3.8) is 0 Å². The summed E-state index contributed by atoms with van der Waals surface area (Å²) >= 11 is 4.85. The first-order chi connectivity index (χ1) is 15.7. The van der Waals surface area contributed by atoms with Gasteiger partial charge in [0.25, 0.3) is 0 Å². The van der Waals surface area contributed by atoms with E-state index in [-0.39, 0.29) is 0 Å². The maximum Gasteiger partial charge on any atom is 0.210 e. The number of nitrogens with one attached hydrogen (secondary N) is 2. The van der Waals surface area contributed by atoms with Crippen LogP contribution in [-0.4, -0.2) is 29.3 Å². The topological polar surface area (TPSA) is 65.4 Å². The molecule has 6 nitrogen and oxygen atoms in total. The lowest BCUT2D eigenvalue weighted by Crippen LogP contribution is -2.21. The Morgan fingerprint density at radius 2 is 1.72 bits per heavy atom. The van der Waals surface area contributed by atoms with Gasteiger partial charge in [0, 0.05) is 29.9 Å². The molecule has 0 radical (unpaired) electrons. The first kappa shape index (κ1) is 20.9. The standard InChI is InChI=1S/C23H22N6S3/c1-3-29(4-2)16-11-9-15(10-12-16)27-28-23-26-21-20(32-23)13-17(30-21)14-24-22-25-18-7-5-6-8-19(18)31-22/h5-14,27H,3-4H2,1-2H3,(H,26,28). The molecular weight excluding hydrogens is 456 g/mol. The molecule has 0 aliphatic carbocycles. The van der Waals surface area contributed by atoms with Crippen molar-refractivity contribution in [1.82, 2.24) is 9.97 Å². The first-order valence-electron chi connectivity index (χ1n) is 10.4. The lowest BCUT2D eigenvalue weighted by atomic mass is 10.2. The zero-order valence-electron chi connectivity index (χ0n) is 17.7. The third-order valence-electron chi connectivity index (χ3n) is 5.00. The highest BCUT2D eigenvalue weighted by Gasteiger charge is 2.09. The van der Waals surface area contributed by atoms with Gasteiger partial charge < -0.3 is 4.90 Å². The Kier molecular flexibility index (Phi) is 6.02. The number of nitrogens with zero attached hydrogens (tertiary/aromatic N) is 4. The molecule has 0 fully saturated rings. The van der Waals surface area contributed by atoms with Gasteiger partial charge in [0.2, 0.25) is 10.3 Å². The zero-order chi connectivity index (χ0) is 21.9. The van der Waals surface area contributed by atoms with Crippen molar-refractivity contribution >= 4 is 81.6 Å². The van der Waals surface area contributed by atoms with Crippen molar-refractivity contribution in [1.29, 1.82) is 0 Å². The molecular formula is C23H22N6S3. The van der Waals surface area contributed by atoms with Crippen molar-refractivity contribution < 1.29 is 0 Å². The van der Waals surface area contributed by atoms with Gasteiger partial charge in [-0.15, -0.1) is 11.3 Å². The number of fused-ring (bicyclic) bond motifs is 2. The van der Waals surface area contributed by atoms with E-state index < -0.39 is 0 Å². The van der Waals surface area contributed by atoms with E-state index in [1.165, 1.54) is 5.69 Å². The molecule has 5 aromatic rings. The van der Waals surface area contributed by atoms with Crippen molar-refractivity contribution in [2.24, 2.45) is 4.99 Å². The molecule has 0 aliphatic heterocycles. The largest absolute Gasteiger partial charge is 0.372 e. The number of thiazole rings is 2. The van der Waals surface area contributed by atoms with Crippen LogP contribution in [0.25, 0.3) is 19.7 Å². The van der Waals surface area contributed by atoms with Gasteiger partial charge in [-0.1, -0.05) is 34.8 Å². The van der Waals surface area contributed by atoms with E-state index in [0.29, 0.717) is 0 Å². The van der Waals surface area contributed by atoms with Crippen LogP contribution in [0.2, 0.25) is 0 Å². The average Bonchev–Trinajstić information content (AvgIpc) is 3.50. The molecule has 2 N–H and O–H groups in total. The molecule has 0 bridgehead atoms. The number of hydrogen-bond donors (Lipinski definition) is 2. The molecule has 9 heteroatoms. The molecule has 0 atom stereocenters. The van der Waals surface area contributed by atoms with Crippen LogP contribution in [0.4, 0.5) is 21.6 Å². The van der Waals surface area contributed by atoms with Crippen LogP contribution in [0.1, 0.15) is 18.7 Å². The Bertz CT molecular complexity index is 1300. The second kappa shape index (κ2) is 9.23. The first-order valence-corrected chi connectivity index (χ1v) is 12.8. The minimum atomic E-state index is 0.773.